The summed E-state index contributed by atoms with van der Waals surface area (Å²) in [6.07, 6.45) is 2.14. The smallest absolute Gasteiger partial charge is 0.219 e. The van der Waals surface area contributed by atoms with Crippen LogP contribution in [0, 0.1) is 10.2 Å². The SMILES string of the molecule is CC(C)(C)CC(Oc1ccc(Cl)cc1)n1[nH]cnc1=S. The summed E-state index contributed by atoms with van der Waals surface area (Å²) in [5.74, 6) is 0.750. The van der Waals surface area contributed by atoms with Crippen LogP contribution in [0.2, 0.25) is 5.02 Å². The van der Waals surface area contributed by atoms with Gasteiger partial charge in [-0.15, -0.1) is 0 Å². The molecule has 6 heteroatoms. The van der Waals surface area contributed by atoms with Gasteiger partial charge in [0.15, 0.2) is 6.23 Å². The lowest BCUT2D eigenvalue weighted by Crippen LogP contribution is -2.23. The van der Waals surface area contributed by atoms with E-state index in [1.807, 2.05) is 12.1 Å². The second kappa shape index (κ2) is 5.97. The van der Waals surface area contributed by atoms with Crippen LogP contribution in [0.4, 0.5) is 0 Å². The van der Waals surface area contributed by atoms with E-state index in [0.29, 0.717) is 9.79 Å². The first-order valence-electron chi connectivity index (χ1n) is 6.39. The summed E-state index contributed by atoms with van der Waals surface area (Å²) >= 11 is 11.1. The maximum Gasteiger partial charge on any atom is 0.219 e. The first kappa shape index (κ1) is 15.1. The number of rotatable bonds is 4. The highest BCUT2D eigenvalue weighted by Gasteiger charge is 2.22. The number of hydrogen-bond donors (Lipinski definition) is 1. The Bertz CT molecular complexity index is 612. The predicted octanol–water partition coefficient (Wildman–Crippen LogP) is 4.61. The zero-order chi connectivity index (χ0) is 14.8. The van der Waals surface area contributed by atoms with Gasteiger partial charge < -0.3 is 4.74 Å². The third-order valence-electron chi connectivity index (χ3n) is 2.74. The molecular weight excluding hydrogens is 294 g/mol. The summed E-state index contributed by atoms with van der Waals surface area (Å²) in [5, 5.41) is 3.69. The summed E-state index contributed by atoms with van der Waals surface area (Å²) in [6.45, 7) is 6.47. The molecule has 108 valence electrons. The Balaban J connectivity index is 2.25. The molecule has 20 heavy (non-hydrogen) atoms. The number of H-pyrrole nitrogens is 1. The minimum absolute atomic E-state index is 0.0942. The monoisotopic (exact) mass is 311 g/mol. The maximum absolute atomic E-state index is 6.04. The Morgan fingerprint density at radius 2 is 2.00 bits per heavy atom. The molecule has 0 aliphatic rings. The van der Waals surface area contributed by atoms with Gasteiger partial charge in [-0.05, 0) is 41.9 Å². The van der Waals surface area contributed by atoms with E-state index < -0.39 is 0 Å². The highest BCUT2D eigenvalue weighted by atomic mass is 35.5. The number of ether oxygens (including phenoxy) is 1. The average molecular weight is 312 g/mol. The lowest BCUT2D eigenvalue weighted by molar-refractivity contribution is 0.0703. The molecule has 0 radical (unpaired) electrons. The van der Waals surface area contributed by atoms with Gasteiger partial charge in [-0.25, -0.2) is 9.67 Å². The van der Waals surface area contributed by atoms with Gasteiger partial charge in [-0.2, -0.15) is 0 Å². The molecule has 2 aromatic rings. The summed E-state index contributed by atoms with van der Waals surface area (Å²) < 4.78 is 8.28. The fourth-order valence-corrected chi connectivity index (χ4v) is 2.20. The van der Waals surface area contributed by atoms with E-state index in [1.165, 1.54) is 0 Å². The zero-order valence-electron chi connectivity index (χ0n) is 11.8. The number of aromatic amines is 1. The first-order chi connectivity index (χ1) is 9.35. The van der Waals surface area contributed by atoms with Crippen LogP contribution in [-0.4, -0.2) is 14.8 Å². The molecule has 0 saturated heterocycles. The molecule has 4 nitrogen and oxygen atoms in total. The molecule has 0 aliphatic heterocycles. The van der Waals surface area contributed by atoms with Crippen molar-refractivity contribution in [1.82, 2.24) is 14.8 Å². The van der Waals surface area contributed by atoms with Crippen LogP contribution in [0.1, 0.15) is 33.4 Å². The van der Waals surface area contributed by atoms with Crippen LogP contribution in [0.15, 0.2) is 30.6 Å². The van der Waals surface area contributed by atoms with Crippen molar-refractivity contribution in [3.05, 3.63) is 40.4 Å². The highest BCUT2D eigenvalue weighted by Crippen LogP contribution is 2.30. The van der Waals surface area contributed by atoms with Crippen molar-refractivity contribution in [3.63, 3.8) is 0 Å². The Morgan fingerprint density at radius 1 is 1.35 bits per heavy atom. The van der Waals surface area contributed by atoms with Gasteiger partial charge in [0, 0.05) is 11.4 Å². The lowest BCUT2D eigenvalue weighted by Gasteiger charge is -2.27. The molecule has 0 aliphatic carbocycles. The van der Waals surface area contributed by atoms with Crippen LogP contribution in [0.25, 0.3) is 0 Å². The van der Waals surface area contributed by atoms with E-state index >= 15 is 0 Å². The average Bonchev–Trinajstić information content (AvgIpc) is 2.76. The molecule has 1 aromatic heterocycles. The normalized spacial score (nSPS) is 13.2. The number of benzene rings is 1. The van der Waals surface area contributed by atoms with Crippen LogP contribution in [0.5, 0.6) is 5.75 Å². The Labute approximate surface area is 128 Å². The lowest BCUT2D eigenvalue weighted by atomic mass is 9.91. The first-order valence-corrected chi connectivity index (χ1v) is 7.18. The number of hydrogen-bond acceptors (Lipinski definition) is 3. The number of aromatic nitrogens is 3. The minimum Gasteiger partial charge on any atom is -0.469 e. The van der Waals surface area contributed by atoms with Crippen molar-refractivity contribution in [2.45, 2.75) is 33.4 Å². The second-order valence-electron chi connectivity index (χ2n) is 5.83. The molecular formula is C14H18ClN3OS. The molecule has 1 aromatic carbocycles. The predicted molar refractivity (Wildman–Crippen MR) is 82.6 cm³/mol. The fourth-order valence-electron chi connectivity index (χ4n) is 1.85. The minimum atomic E-state index is -0.230. The van der Waals surface area contributed by atoms with Gasteiger partial charge in [0.25, 0.3) is 0 Å². The molecule has 2 rings (SSSR count). The summed E-state index contributed by atoms with van der Waals surface area (Å²) in [7, 11) is 0. The van der Waals surface area contributed by atoms with E-state index in [9.17, 15) is 0 Å². The highest BCUT2D eigenvalue weighted by molar-refractivity contribution is 7.71. The van der Waals surface area contributed by atoms with Gasteiger partial charge in [0.1, 0.15) is 12.1 Å². The van der Waals surface area contributed by atoms with E-state index in [4.69, 9.17) is 28.6 Å². The van der Waals surface area contributed by atoms with Crippen LogP contribution in [0.3, 0.4) is 0 Å². The standard InChI is InChI=1S/C14H18ClN3OS/c1-14(2,3)8-12(18-13(20)16-9-17-18)19-11-6-4-10(15)5-7-11/h4-7,9,12H,8H2,1-3H3,(H,16,17,20). The van der Waals surface area contributed by atoms with Crippen molar-refractivity contribution in [2.75, 3.05) is 0 Å². The van der Waals surface area contributed by atoms with Crippen molar-refractivity contribution < 1.29 is 4.74 Å². The van der Waals surface area contributed by atoms with Gasteiger partial charge in [-0.1, -0.05) is 32.4 Å². The maximum atomic E-state index is 6.04. The number of nitrogens with zero attached hydrogens (tertiary/aromatic N) is 2. The Kier molecular flexibility index (Phi) is 4.50. The van der Waals surface area contributed by atoms with Crippen molar-refractivity contribution >= 4 is 23.8 Å². The van der Waals surface area contributed by atoms with E-state index in [-0.39, 0.29) is 11.6 Å². The van der Waals surface area contributed by atoms with Gasteiger partial charge in [-0.3, -0.25) is 5.10 Å². The van der Waals surface area contributed by atoms with Gasteiger partial charge >= 0.3 is 0 Å². The Hall–Kier alpha value is -1.33. The summed E-state index contributed by atoms with van der Waals surface area (Å²) in [6, 6.07) is 7.30. The Morgan fingerprint density at radius 3 is 2.50 bits per heavy atom. The largest absolute Gasteiger partial charge is 0.469 e. The van der Waals surface area contributed by atoms with E-state index in [1.54, 1.807) is 23.1 Å². The summed E-state index contributed by atoms with van der Waals surface area (Å²) in [5.41, 5.74) is 0.0942. The molecule has 1 N–H and O–H groups in total. The molecule has 1 atom stereocenters. The fraction of sp³-hybridized carbons (Fsp3) is 0.429. The molecule has 0 spiro atoms. The molecule has 0 amide bonds. The third-order valence-corrected chi connectivity index (χ3v) is 3.29. The number of nitrogens with one attached hydrogen (secondary N) is 1. The topological polar surface area (TPSA) is 42.8 Å². The van der Waals surface area contributed by atoms with E-state index in [2.05, 4.69) is 30.9 Å². The molecule has 1 heterocycles. The van der Waals surface area contributed by atoms with Crippen molar-refractivity contribution in [2.24, 2.45) is 5.41 Å². The van der Waals surface area contributed by atoms with E-state index in [0.717, 1.165) is 12.2 Å². The van der Waals surface area contributed by atoms with Gasteiger partial charge in [0.05, 0.1) is 0 Å². The molecule has 0 fully saturated rings. The molecule has 0 bridgehead atoms. The zero-order valence-corrected chi connectivity index (χ0v) is 13.3. The molecule has 0 saturated carbocycles. The van der Waals surface area contributed by atoms with Crippen LogP contribution >= 0.6 is 23.8 Å². The number of halogens is 1. The molecule has 1 unspecified atom stereocenters. The van der Waals surface area contributed by atoms with Crippen LogP contribution in [-0.2, 0) is 0 Å². The quantitative estimate of drug-likeness (QED) is 0.839. The van der Waals surface area contributed by atoms with Crippen molar-refractivity contribution in [3.8, 4) is 5.75 Å². The second-order valence-corrected chi connectivity index (χ2v) is 6.63. The van der Waals surface area contributed by atoms with Gasteiger partial charge in [0.2, 0.25) is 4.77 Å². The third kappa shape index (κ3) is 4.08. The summed E-state index contributed by atoms with van der Waals surface area (Å²) in [4.78, 5) is 4.04. The van der Waals surface area contributed by atoms with Crippen LogP contribution < -0.4 is 4.74 Å². The van der Waals surface area contributed by atoms with Crippen molar-refractivity contribution in [1.29, 1.82) is 0 Å².